The Morgan fingerprint density at radius 2 is 1.97 bits per heavy atom. The highest BCUT2D eigenvalue weighted by Gasteiger charge is 2.15. The van der Waals surface area contributed by atoms with Crippen molar-refractivity contribution < 1.29 is 4.79 Å². The monoisotopic (exact) mass is 381 g/mol. The van der Waals surface area contributed by atoms with E-state index in [1.54, 1.807) is 18.6 Å². The van der Waals surface area contributed by atoms with Gasteiger partial charge in [-0.2, -0.15) is 0 Å². The molecule has 0 saturated carbocycles. The Hall–Kier alpha value is -4.33. The highest BCUT2D eigenvalue weighted by atomic mass is 16.1. The number of imidazole rings is 2. The molecule has 0 fully saturated rings. The summed E-state index contributed by atoms with van der Waals surface area (Å²) in [4.78, 5) is 32.4. The van der Waals surface area contributed by atoms with Crippen LogP contribution in [0.25, 0.3) is 28.0 Å². The van der Waals surface area contributed by atoms with Crippen LogP contribution in [0.3, 0.4) is 0 Å². The highest BCUT2D eigenvalue weighted by Crippen LogP contribution is 2.27. The van der Waals surface area contributed by atoms with Crippen molar-refractivity contribution in [1.82, 2.24) is 29.5 Å². The van der Waals surface area contributed by atoms with Crippen LogP contribution in [0.4, 0.5) is 5.82 Å². The van der Waals surface area contributed by atoms with E-state index in [0.29, 0.717) is 22.5 Å². The Morgan fingerprint density at radius 1 is 1.03 bits per heavy atom. The van der Waals surface area contributed by atoms with Gasteiger partial charge in [-0.1, -0.05) is 30.3 Å². The summed E-state index contributed by atoms with van der Waals surface area (Å²) in [5.41, 5.74) is 4.34. The Kier molecular flexibility index (Phi) is 4.06. The molecular weight excluding hydrogens is 366 g/mol. The molecule has 3 heterocycles. The lowest BCUT2D eigenvalue weighted by molar-refractivity contribution is 0.102. The number of aromatic amines is 1. The van der Waals surface area contributed by atoms with Gasteiger partial charge in [0.05, 0.1) is 12.7 Å². The van der Waals surface area contributed by atoms with Crippen LogP contribution in [0.1, 0.15) is 10.4 Å². The zero-order chi connectivity index (χ0) is 19.6. The smallest absolute Gasteiger partial charge is 0.257 e. The molecule has 0 aliphatic rings. The van der Waals surface area contributed by atoms with Crippen LogP contribution in [0.5, 0.6) is 0 Å². The number of carbonyl (C=O) groups excluding carboxylic acids is 1. The number of carbonyl (C=O) groups is 1. The van der Waals surface area contributed by atoms with E-state index >= 15 is 0 Å². The highest BCUT2D eigenvalue weighted by molar-refractivity contribution is 6.10. The second-order valence-electron chi connectivity index (χ2n) is 6.34. The molecule has 3 aromatic heterocycles. The third kappa shape index (κ3) is 3.12. The second-order valence-corrected chi connectivity index (χ2v) is 6.34. The molecule has 0 spiro atoms. The maximum absolute atomic E-state index is 13.1. The van der Waals surface area contributed by atoms with Crippen molar-refractivity contribution in [3.05, 3.63) is 85.5 Å². The van der Waals surface area contributed by atoms with Gasteiger partial charge < -0.3 is 14.9 Å². The first-order valence-electron chi connectivity index (χ1n) is 8.93. The average molecular weight is 381 g/mol. The first kappa shape index (κ1) is 16.8. The fourth-order valence-electron chi connectivity index (χ4n) is 3.21. The molecule has 0 aliphatic carbocycles. The van der Waals surface area contributed by atoms with Crippen LogP contribution in [0.2, 0.25) is 0 Å². The lowest BCUT2D eigenvalue weighted by atomic mass is 9.98. The van der Waals surface area contributed by atoms with Crippen LogP contribution in [-0.2, 0) is 0 Å². The van der Waals surface area contributed by atoms with Gasteiger partial charge in [-0.25, -0.2) is 19.9 Å². The first-order chi connectivity index (χ1) is 14.3. The molecule has 0 aliphatic heterocycles. The van der Waals surface area contributed by atoms with E-state index in [1.807, 2.05) is 53.2 Å². The molecule has 0 unspecified atom stereocenters. The molecule has 8 nitrogen and oxygen atoms in total. The van der Waals surface area contributed by atoms with Gasteiger partial charge in [-0.05, 0) is 29.3 Å². The summed E-state index contributed by atoms with van der Waals surface area (Å²) in [7, 11) is 0. The minimum absolute atomic E-state index is 0.261. The molecule has 0 radical (unpaired) electrons. The largest absolute Gasteiger partial charge is 0.340 e. The number of rotatable bonds is 4. The van der Waals surface area contributed by atoms with Gasteiger partial charge in [-0.3, -0.25) is 4.79 Å². The Labute approximate surface area is 165 Å². The molecule has 5 rings (SSSR count). The SMILES string of the molecule is O=C(Nc1ncnc2nc[nH]c12)c1ccccc1-c1cccc(-n2ccnc2)c1. The number of hydrogen-bond acceptors (Lipinski definition) is 5. The van der Waals surface area contributed by atoms with E-state index in [2.05, 4.69) is 30.2 Å². The summed E-state index contributed by atoms with van der Waals surface area (Å²) < 4.78 is 1.92. The van der Waals surface area contributed by atoms with Crippen molar-refractivity contribution in [1.29, 1.82) is 0 Å². The van der Waals surface area contributed by atoms with E-state index in [0.717, 1.165) is 16.8 Å². The van der Waals surface area contributed by atoms with Crippen LogP contribution >= 0.6 is 0 Å². The number of nitrogens with zero attached hydrogens (tertiary/aromatic N) is 5. The lowest BCUT2D eigenvalue weighted by Crippen LogP contribution is -2.14. The number of nitrogens with one attached hydrogen (secondary N) is 2. The van der Waals surface area contributed by atoms with E-state index in [9.17, 15) is 4.79 Å². The Morgan fingerprint density at radius 3 is 2.86 bits per heavy atom. The van der Waals surface area contributed by atoms with Crippen LogP contribution in [0, 0.1) is 0 Å². The fourth-order valence-corrected chi connectivity index (χ4v) is 3.21. The van der Waals surface area contributed by atoms with E-state index < -0.39 is 0 Å². The van der Waals surface area contributed by atoms with Crippen LogP contribution in [0.15, 0.2) is 79.9 Å². The van der Waals surface area contributed by atoms with Crippen molar-refractivity contribution in [2.45, 2.75) is 0 Å². The molecule has 1 amide bonds. The predicted molar refractivity (Wildman–Crippen MR) is 109 cm³/mol. The van der Waals surface area contributed by atoms with E-state index in [4.69, 9.17) is 0 Å². The summed E-state index contributed by atoms with van der Waals surface area (Å²) in [6.07, 6.45) is 8.24. The molecule has 2 aromatic carbocycles. The van der Waals surface area contributed by atoms with Crippen molar-refractivity contribution in [3.63, 3.8) is 0 Å². The quantitative estimate of drug-likeness (QED) is 0.496. The zero-order valence-corrected chi connectivity index (χ0v) is 15.1. The molecule has 5 aromatic rings. The summed E-state index contributed by atoms with van der Waals surface area (Å²) in [5, 5.41) is 2.86. The normalized spacial score (nSPS) is 10.9. The number of benzene rings is 2. The Balaban J connectivity index is 1.52. The molecule has 140 valence electrons. The van der Waals surface area contributed by atoms with Crippen LogP contribution < -0.4 is 5.32 Å². The van der Waals surface area contributed by atoms with E-state index in [-0.39, 0.29) is 5.91 Å². The summed E-state index contributed by atoms with van der Waals surface area (Å²) in [5.74, 6) is 0.128. The van der Waals surface area contributed by atoms with Gasteiger partial charge in [0.2, 0.25) is 0 Å². The number of aromatic nitrogens is 6. The number of hydrogen-bond donors (Lipinski definition) is 2. The van der Waals surface area contributed by atoms with Gasteiger partial charge in [0.1, 0.15) is 11.8 Å². The number of anilines is 1. The van der Waals surface area contributed by atoms with Crippen molar-refractivity contribution >= 4 is 22.9 Å². The third-order valence-corrected chi connectivity index (χ3v) is 4.59. The van der Waals surface area contributed by atoms with Gasteiger partial charge in [0, 0.05) is 23.6 Å². The van der Waals surface area contributed by atoms with Crippen molar-refractivity contribution in [2.75, 3.05) is 5.32 Å². The van der Waals surface area contributed by atoms with Gasteiger partial charge in [0.25, 0.3) is 5.91 Å². The first-order valence-corrected chi connectivity index (χ1v) is 8.93. The molecular formula is C21H15N7O. The summed E-state index contributed by atoms with van der Waals surface area (Å²) >= 11 is 0. The molecule has 0 bridgehead atoms. The van der Waals surface area contributed by atoms with Crippen LogP contribution in [-0.4, -0.2) is 35.4 Å². The predicted octanol–water partition coefficient (Wildman–Crippen LogP) is 3.46. The minimum atomic E-state index is -0.261. The maximum Gasteiger partial charge on any atom is 0.257 e. The zero-order valence-electron chi connectivity index (χ0n) is 15.1. The third-order valence-electron chi connectivity index (χ3n) is 4.59. The molecule has 0 atom stereocenters. The van der Waals surface area contributed by atoms with Gasteiger partial charge >= 0.3 is 0 Å². The number of amides is 1. The summed E-state index contributed by atoms with van der Waals surface area (Å²) in [6, 6.07) is 15.4. The molecule has 8 heteroatoms. The molecule has 0 saturated heterocycles. The molecule has 2 N–H and O–H groups in total. The lowest BCUT2D eigenvalue weighted by Gasteiger charge is -2.12. The summed E-state index contributed by atoms with van der Waals surface area (Å²) in [6.45, 7) is 0. The van der Waals surface area contributed by atoms with Gasteiger partial charge in [0.15, 0.2) is 11.5 Å². The van der Waals surface area contributed by atoms with Gasteiger partial charge in [-0.15, -0.1) is 0 Å². The van der Waals surface area contributed by atoms with E-state index in [1.165, 1.54) is 12.7 Å². The Bertz CT molecular complexity index is 1310. The maximum atomic E-state index is 13.1. The second kappa shape index (κ2) is 7.01. The number of fused-ring (bicyclic) bond motifs is 1. The number of H-pyrrole nitrogens is 1. The van der Waals surface area contributed by atoms with Crippen molar-refractivity contribution in [3.8, 4) is 16.8 Å². The average Bonchev–Trinajstić information content (AvgIpc) is 3.46. The fraction of sp³-hybridized carbons (Fsp3) is 0. The molecule has 29 heavy (non-hydrogen) atoms. The standard InChI is InChI=1S/C21H15N7O/c29-21(27-20-18-19(24-11-23-18)25-12-26-20)17-7-2-1-6-16(17)14-4-3-5-15(10-14)28-9-8-22-13-28/h1-13H,(H2,23,24,25,26,27,29). The topological polar surface area (TPSA) is 101 Å². The minimum Gasteiger partial charge on any atom is -0.340 e. The van der Waals surface area contributed by atoms with Crippen molar-refractivity contribution in [2.24, 2.45) is 0 Å².